The first-order chi connectivity index (χ1) is 15.7. The molecule has 0 bridgehead atoms. The lowest BCUT2D eigenvalue weighted by Gasteiger charge is -2.20. The molecule has 1 saturated heterocycles. The molecule has 178 valence electrons. The van der Waals surface area contributed by atoms with Crippen LogP contribution in [0.4, 0.5) is 17.1 Å². The molecule has 1 aliphatic rings. The maximum atomic E-state index is 13.0. The molecule has 9 nitrogen and oxygen atoms in total. The van der Waals surface area contributed by atoms with Crippen molar-refractivity contribution in [2.75, 3.05) is 41.5 Å². The van der Waals surface area contributed by atoms with Crippen molar-refractivity contribution < 1.29 is 27.5 Å². The molecule has 2 amide bonds. The summed E-state index contributed by atoms with van der Waals surface area (Å²) in [6.07, 6.45) is 0.545. The number of anilines is 3. The number of sulfonamides is 1. The number of carbonyl (C=O) groups excluding carboxylic acids is 2. The Morgan fingerprint density at radius 2 is 1.88 bits per heavy atom. The van der Waals surface area contributed by atoms with Crippen molar-refractivity contribution in [1.82, 2.24) is 0 Å². The smallest absolute Gasteiger partial charge is 0.232 e. The minimum Gasteiger partial charge on any atom is -0.497 e. The molecule has 33 heavy (non-hydrogen) atoms. The van der Waals surface area contributed by atoms with E-state index < -0.39 is 15.9 Å². The van der Waals surface area contributed by atoms with Crippen molar-refractivity contribution in [3.8, 4) is 11.5 Å². The Morgan fingerprint density at radius 3 is 2.55 bits per heavy atom. The summed E-state index contributed by atoms with van der Waals surface area (Å²) in [5.74, 6) is 0.00580. The van der Waals surface area contributed by atoms with E-state index in [0.717, 1.165) is 0 Å². The summed E-state index contributed by atoms with van der Waals surface area (Å²) >= 11 is 0. The number of benzene rings is 2. The first kappa shape index (κ1) is 24.4. The fourth-order valence-corrected chi connectivity index (χ4v) is 4.92. The molecule has 1 unspecified atom stereocenters. The second-order valence-electron chi connectivity index (χ2n) is 7.83. The third-order valence-electron chi connectivity index (χ3n) is 5.50. The van der Waals surface area contributed by atoms with E-state index >= 15 is 0 Å². The van der Waals surface area contributed by atoms with Gasteiger partial charge in [0.25, 0.3) is 0 Å². The average Bonchev–Trinajstić information content (AvgIpc) is 3.17. The first-order valence-corrected chi connectivity index (χ1v) is 12.3. The van der Waals surface area contributed by atoms with Crippen LogP contribution in [0.2, 0.25) is 0 Å². The molecule has 0 radical (unpaired) electrons. The van der Waals surface area contributed by atoms with Gasteiger partial charge in [0.1, 0.15) is 11.5 Å². The number of methoxy groups -OCH3 is 2. The van der Waals surface area contributed by atoms with Gasteiger partial charge in [-0.2, -0.15) is 0 Å². The van der Waals surface area contributed by atoms with Gasteiger partial charge >= 0.3 is 0 Å². The molecule has 1 heterocycles. The molecule has 0 aromatic heterocycles. The van der Waals surface area contributed by atoms with Gasteiger partial charge in [0.15, 0.2) is 0 Å². The highest BCUT2D eigenvalue weighted by atomic mass is 32.2. The Morgan fingerprint density at radius 1 is 1.15 bits per heavy atom. The van der Waals surface area contributed by atoms with Crippen LogP contribution >= 0.6 is 0 Å². The van der Waals surface area contributed by atoms with E-state index in [9.17, 15) is 18.0 Å². The van der Waals surface area contributed by atoms with E-state index in [1.165, 1.54) is 19.1 Å². The Labute approximate surface area is 194 Å². The average molecular weight is 476 g/mol. The van der Waals surface area contributed by atoms with Gasteiger partial charge in [-0.15, -0.1) is 0 Å². The molecule has 1 atom stereocenters. The topological polar surface area (TPSA) is 114 Å². The first-order valence-electron chi connectivity index (χ1n) is 10.6. The zero-order valence-electron chi connectivity index (χ0n) is 19.2. The van der Waals surface area contributed by atoms with Crippen LogP contribution in [0.15, 0.2) is 36.4 Å². The second-order valence-corrected chi connectivity index (χ2v) is 9.67. The van der Waals surface area contributed by atoms with Crippen LogP contribution in [0.5, 0.6) is 11.5 Å². The van der Waals surface area contributed by atoms with Gasteiger partial charge in [0.2, 0.25) is 21.8 Å². The molecule has 10 heteroatoms. The molecule has 3 rings (SSSR count). The van der Waals surface area contributed by atoms with E-state index in [4.69, 9.17) is 9.47 Å². The van der Waals surface area contributed by atoms with E-state index in [-0.39, 0.29) is 30.5 Å². The van der Waals surface area contributed by atoms with Gasteiger partial charge < -0.3 is 19.7 Å². The van der Waals surface area contributed by atoms with Crippen LogP contribution in [-0.2, 0) is 19.6 Å². The monoisotopic (exact) mass is 475 g/mol. The van der Waals surface area contributed by atoms with E-state index in [0.29, 0.717) is 40.5 Å². The number of nitrogens with zero attached hydrogens (tertiary/aromatic N) is 1. The number of nitrogens with one attached hydrogen (secondary N) is 2. The summed E-state index contributed by atoms with van der Waals surface area (Å²) in [7, 11) is -0.413. The third kappa shape index (κ3) is 5.57. The zero-order valence-corrected chi connectivity index (χ0v) is 20.0. The van der Waals surface area contributed by atoms with Crippen LogP contribution in [0, 0.1) is 12.8 Å². The summed E-state index contributed by atoms with van der Waals surface area (Å²) in [4.78, 5) is 27.2. The van der Waals surface area contributed by atoms with Crippen molar-refractivity contribution in [2.24, 2.45) is 5.92 Å². The normalized spacial score (nSPS) is 15.9. The molecule has 2 aromatic carbocycles. The standard InChI is InChI=1S/C23H29N3O6S/c1-5-11-33(29,30)25-19-8-6-7-18(15(19)2)24-23(28)16-12-22(27)26(14-16)20-13-17(31-3)9-10-21(20)32-4/h6-10,13,16,25H,5,11-12,14H2,1-4H3,(H,24,28). The minimum absolute atomic E-state index is 0.0107. The van der Waals surface area contributed by atoms with E-state index in [1.807, 2.05) is 0 Å². The highest BCUT2D eigenvalue weighted by Crippen LogP contribution is 2.36. The third-order valence-corrected chi connectivity index (χ3v) is 6.98. The number of carbonyl (C=O) groups is 2. The van der Waals surface area contributed by atoms with Crippen LogP contribution < -0.4 is 24.4 Å². The van der Waals surface area contributed by atoms with Crippen LogP contribution in [0.3, 0.4) is 0 Å². The highest BCUT2D eigenvalue weighted by molar-refractivity contribution is 7.92. The zero-order chi connectivity index (χ0) is 24.2. The predicted molar refractivity (Wildman–Crippen MR) is 128 cm³/mol. The number of rotatable bonds is 9. The molecule has 2 aromatic rings. The van der Waals surface area contributed by atoms with Crippen molar-refractivity contribution in [2.45, 2.75) is 26.7 Å². The summed E-state index contributed by atoms with van der Waals surface area (Å²) < 4.78 is 37.5. The van der Waals surface area contributed by atoms with Gasteiger partial charge in [-0.25, -0.2) is 8.42 Å². The van der Waals surface area contributed by atoms with E-state index in [2.05, 4.69) is 10.0 Å². The van der Waals surface area contributed by atoms with Crippen molar-refractivity contribution in [1.29, 1.82) is 0 Å². The Balaban J connectivity index is 1.76. The number of ether oxygens (including phenoxy) is 2. The molecule has 0 spiro atoms. The maximum absolute atomic E-state index is 13.0. The number of amides is 2. The lowest BCUT2D eigenvalue weighted by Crippen LogP contribution is -2.28. The number of hydrogen-bond acceptors (Lipinski definition) is 6. The maximum Gasteiger partial charge on any atom is 0.232 e. The van der Waals surface area contributed by atoms with E-state index in [1.54, 1.807) is 50.2 Å². The predicted octanol–water partition coefficient (Wildman–Crippen LogP) is 3.16. The van der Waals surface area contributed by atoms with Gasteiger partial charge in [0, 0.05) is 24.7 Å². The van der Waals surface area contributed by atoms with Crippen LogP contribution in [-0.4, -0.2) is 46.7 Å². The Kier molecular flexibility index (Phi) is 7.47. The summed E-state index contributed by atoms with van der Waals surface area (Å²) in [5.41, 5.74) is 2.04. The molecular formula is C23H29N3O6S. The molecule has 1 aliphatic heterocycles. The van der Waals surface area contributed by atoms with Gasteiger partial charge in [0.05, 0.1) is 37.3 Å². The second kappa shape index (κ2) is 10.1. The molecule has 1 fully saturated rings. The quantitative estimate of drug-likeness (QED) is 0.576. The molecular weight excluding hydrogens is 446 g/mol. The fourth-order valence-electron chi connectivity index (χ4n) is 3.73. The van der Waals surface area contributed by atoms with Crippen LogP contribution in [0.1, 0.15) is 25.3 Å². The van der Waals surface area contributed by atoms with Gasteiger partial charge in [-0.3, -0.25) is 14.3 Å². The highest BCUT2D eigenvalue weighted by Gasteiger charge is 2.36. The van der Waals surface area contributed by atoms with Gasteiger partial charge in [-0.1, -0.05) is 13.0 Å². The summed E-state index contributed by atoms with van der Waals surface area (Å²) in [6, 6.07) is 10.2. The lowest BCUT2D eigenvalue weighted by atomic mass is 10.1. The molecule has 0 saturated carbocycles. The van der Waals surface area contributed by atoms with Gasteiger partial charge in [-0.05, 0) is 43.2 Å². The Bertz CT molecular complexity index is 1150. The fraction of sp³-hybridized carbons (Fsp3) is 0.391. The summed E-state index contributed by atoms with van der Waals surface area (Å²) in [5, 5.41) is 2.85. The molecule has 2 N–H and O–H groups in total. The molecule has 0 aliphatic carbocycles. The number of hydrogen-bond donors (Lipinski definition) is 2. The summed E-state index contributed by atoms with van der Waals surface area (Å²) in [6.45, 7) is 3.71. The minimum atomic E-state index is -3.46. The largest absolute Gasteiger partial charge is 0.497 e. The van der Waals surface area contributed by atoms with Crippen molar-refractivity contribution in [3.63, 3.8) is 0 Å². The van der Waals surface area contributed by atoms with Crippen molar-refractivity contribution >= 4 is 38.9 Å². The SMILES string of the molecule is CCCS(=O)(=O)Nc1cccc(NC(=O)C2CC(=O)N(c3cc(OC)ccc3OC)C2)c1C. The lowest BCUT2D eigenvalue weighted by molar-refractivity contribution is -0.122. The Hall–Kier alpha value is -3.27. The van der Waals surface area contributed by atoms with Crippen LogP contribution in [0.25, 0.3) is 0 Å². The van der Waals surface area contributed by atoms with Crippen molar-refractivity contribution in [3.05, 3.63) is 42.0 Å².